The predicted octanol–water partition coefficient (Wildman–Crippen LogP) is 1.82. The molecule has 2 heterocycles. The molecule has 1 amide bonds. The predicted molar refractivity (Wildman–Crippen MR) is 86.7 cm³/mol. The van der Waals surface area contributed by atoms with Crippen LogP contribution in [0.4, 0.5) is 0 Å². The van der Waals surface area contributed by atoms with Gasteiger partial charge in [-0.2, -0.15) is 5.10 Å². The van der Waals surface area contributed by atoms with Crippen LogP contribution in [0.2, 0.25) is 0 Å². The highest BCUT2D eigenvalue weighted by molar-refractivity contribution is 7.85. The maximum atomic E-state index is 12.4. The average Bonchev–Trinajstić information content (AvgIpc) is 2.92. The highest BCUT2D eigenvalue weighted by Gasteiger charge is 2.22. The van der Waals surface area contributed by atoms with Crippen molar-refractivity contribution in [2.45, 2.75) is 25.8 Å². The Morgan fingerprint density at radius 2 is 1.95 bits per heavy atom. The van der Waals surface area contributed by atoms with E-state index in [-0.39, 0.29) is 11.9 Å². The van der Waals surface area contributed by atoms with E-state index in [1.54, 1.807) is 4.68 Å². The van der Waals surface area contributed by atoms with Crippen molar-refractivity contribution in [3.05, 3.63) is 47.8 Å². The Kier molecular flexibility index (Phi) is 4.38. The summed E-state index contributed by atoms with van der Waals surface area (Å²) in [5, 5.41) is 7.42. The van der Waals surface area contributed by atoms with Gasteiger partial charge in [0.25, 0.3) is 5.91 Å². The summed E-state index contributed by atoms with van der Waals surface area (Å²) >= 11 is 0. The minimum absolute atomic E-state index is 0.103. The van der Waals surface area contributed by atoms with Gasteiger partial charge in [-0.1, -0.05) is 18.2 Å². The lowest BCUT2D eigenvalue weighted by atomic mass is 10.1. The van der Waals surface area contributed by atoms with E-state index in [2.05, 4.69) is 10.4 Å². The Morgan fingerprint density at radius 3 is 2.64 bits per heavy atom. The molecule has 22 heavy (non-hydrogen) atoms. The van der Waals surface area contributed by atoms with E-state index in [9.17, 15) is 9.00 Å². The summed E-state index contributed by atoms with van der Waals surface area (Å²) in [4.78, 5) is 12.4. The van der Waals surface area contributed by atoms with E-state index in [1.807, 2.05) is 43.5 Å². The van der Waals surface area contributed by atoms with Gasteiger partial charge < -0.3 is 5.32 Å². The fraction of sp³-hybridized carbons (Fsp3) is 0.375. The normalized spacial score (nSPS) is 21.5. The van der Waals surface area contributed by atoms with Gasteiger partial charge in [0.2, 0.25) is 0 Å². The summed E-state index contributed by atoms with van der Waals surface area (Å²) in [5.41, 5.74) is 2.23. The van der Waals surface area contributed by atoms with E-state index in [1.165, 1.54) is 0 Å². The van der Waals surface area contributed by atoms with Crippen LogP contribution in [0.3, 0.4) is 0 Å². The summed E-state index contributed by atoms with van der Waals surface area (Å²) in [5.74, 6) is 1.19. The molecule has 0 saturated carbocycles. The molecule has 116 valence electrons. The van der Waals surface area contributed by atoms with Crippen LogP contribution >= 0.6 is 0 Å². The lowest BCUT2D eigenvalue weighted by Crippen LogP contribution is -2.40. The second-order valence-electron chi connectivity index (χ2n) is 5.54. The molecule has 1 saturated heterocycles. The van der Waals surface area contributed by atoms with Gasteiger partial charge in [-0.05, 0) is 31.9 Å². The third kappa shape index (κ3) is 3.27. The summed E-state index contributed by atoms with van der Waals surface area (Å²) < 4.78 is 13.1. The van der Waals surface area contributed by atoms with Crippen molar-refractivity contribution in [1.29, 1.82) is 0 Å². The summed E-state index contributed by atoms with van der Waals surface area (Å²) in [6, 6.07) is 9.82. The monoisotopic (exact) mass is 317 g/mol. The highest BCUT2D eigenvalue weighted by Crippen LogP contribution is 2.14. The molecule has 0 radical (unpaired) electrons. The van der Waals surface area contributed by atoms with Gasteiger partial charge in [0.1, 0.15) is 0 Å². The van der Waals surface area contributed by atoms with Crippen LogP contribution in [0, 0.1) is 6.92 Å². The third-order valence-corrected chi connectivity index (χ3v) is 5.24. The molecule has 1 aliphatic heterocycles. The van der Waals surface area contributed by atoms with Crippen LogP contribution in [0.15, 0.2) is 36.5 Å². The highest BCUT2D eigenvalue weighted by atomic mass is 32.2. The average molecular weight is 317 g/mol. The topological polar surface area (TPSA) is 64.0 Å². The zero-order chi connectivity index (χ0) is 15.5. The van der Waals surface area contributed by atoms with Crippen LogP contribution in [-0.2, 0) is 10.8 Å². The largest absolute Gasteiger partial charge is 0.348 e. The molecule has 0 unspecified atom stereocenters. The molecule has 1 aromatic carbocycles. The SMILES string of the molecule is Cc1cn(-c2ccccc2)nc1C(=O)NC1CCS(=O)CC1. The number of para-hydroxylation sites is 1. The number of carbonyl (C=O) groups is 1. The molecule has 3 rings (SSSR count). The lowest BCUT2D eigenvalue weighted by Gasteiger charge is -2.22. The first-order chi connectivity index (χ1) is 10.6. The molecule has 0 atom stereocenters. The minimum atomic E-state index is -0.716. The third-order valence-electron chi connectivity index (χ3n) is 3.86. The number of hydrogen-bond acceptors (Lipinski definition) is 3. The number of nitrogens with zero attached hydrogens (tertiary/aromatic N) is 2. The first-order valence-electron chi connectivity index (χ1n) is 7.41. The van der Waals surface area contributed by atoms with Crippen LogP contribution in [-0.4, -0.2) is 37.4 Å². The zero-order valence-electron chi connectivity index (χ0n) is 12.5. The Balaban J connectivity index is 1.73. The fourth-order valence-electron chi connectivity index (χ4n) is 2.59. The second kappa shape index (κ2) is 6.44. The summed E-state index contributed by atoms with van der Waals surface area (Å²) in [6.07, 6.45) is 3.41. The van der Waals surface area contributed by atoms with Crippen molar-refractivity contribution < 1.29 is 9.00 Å². The van der Waals surface area contributed by atoms with Gasteiger partial charge in [-0.3, -0.25) is 9.00 Å². The maximum Gasteiger partial charge on any atom is 0.272 e. The van der Waals surface area contributed by atoms with Gasteiger partial charge in [0.15, 0.2) is 5.69 Å². The molecule has 1 aliphatic rings. The number of aromatic nitrogens is 2. The molecule has 1 N–H and O–H groups in total. The number of nitrogens with one attached hydrogen (secondary N) is 1. The van der Waals surface area contributed by atoms with Crippen molar-refractivity contribution in [3.63, 3.8) is 0 Å². The number of hydrogen-bond donors (Lipinski definition) is 1. The number of amides is 1. The molecular formula is C16H19N3O2S. The van der Waals surface area contributed by atoms with Crippen molar-refractivity contribution in [3.8, 4) is 5.69 Å². The smallest absolute Gasteiger partial charge is 0.272 e. The molecule has 6 heteroatoms. The first-order valence-corrected chi connectivity index (χ1v) is 8.90. The van der Waals surface area contributed by atoms with E-state index >= 15 is 0 Å². The number of aryl methyl sites for hydroxylation is 1. The molecule has 1 aromatic heterocycles. The summed E-state index contributed by atoms with van der Waals surface area (Å²) in [6.45, 7) is 1.89. The van der Waals surface area contributed by atoms with Crippen LogP contribution in [0.1, 0.15) is 28.9 Å². The van der Waals surface area contributed by atoms with Crippen LogP contribution in [0.5, 0.6) is 0 Å². The summed E-state index contributed by atoms with van der Waals surface area (Å²) in [7, 11) is -0.716. The van der Waals surface area contributed by atoms with E-state index in [0.29, 0.717) is 17.2 Å². The standard InChI is InChI=1S/C16H19N3O2S/c1-12-11-19(14-5-3-2-4-6-14)18-15(12)16(20)17-13-7-9-22(21)10-8-13/h2-6,11,13H,7-10H2,1H3,(H,17,20). The van der Waals surface area contributed by atoms with E-state index < -0.39 is 10.8 Å². The number of rotatable bonds is 3. The number of benzene rings is 1. The van der Waals surface area contributed by atoms with Gasteiger partial charge in [0.05, 0.1) is 5.69 Å². The van der Waals surface area contributed by atoms with Gasteiger partial charge >= 0.3 is 0 Å². The molecule has 5 nitrogen and oxygen atoms in total. The molecule has 0 bridgehead atoms. The van der Waals surface area contributed by atoms with Crippen LogP contribution < -0.4 is 5.32 Å². The van der Waals surface area contributed by atoms with Crippen molar-refractivity contribution in [1.82, 2.24) is 15.1 Å². The lowest BCUT2D eigenvalue weighted by molar-refractivity contribution is 0.0928. The Hall–Kier alpha value is -1.95. The van der Waals surface area contributed by atoms with Gasteiger partial charge in [-0.15, -0.1) is 0 Å². The molecular weight excluding hydrogens is 298 g/mol. The van der Waals surface area contributed by atoms with Crippen molar-refractivity contribution in [2.24, 2.45) is 0 Å². The fourth-order valence-corrected chi connectivity index (χ4v) is 3.89. The molecule has 2 aromatic rings. The second-order valence-corrected chi connectivity index (χ2v) is 7.23. The quantitative estimate of drug-likeness (QED) is 0.939. The van der Waals surface area contributed by atoms with Crippen molar-refractivity contribution in [2.75, 3.05) is 11.5 Å². The van der Waals surface area contributed by atoms with Crippen LogP contribution in [0.25, 0.3) is 5.69 Å². The van der Waals surface area contributed by atoms with Gasteiger partial charge in [0, 0.05) is 40.1 Å². The molecule has 1 fully saturated rings. The Morgan fingerprint density at radius 1 is 1.27 bits per heavy atom. The van der Waals surface area contributed by atoms with E-state index in [4.69, 9.17) is 0 Å². The Labute approximate surface area is 132 Å². The maximum absolute atomic E-state index is 12.4. The molecule has 0 aliphatic carbocycles. The zero-order valence-corrected chi connectivity index (χ0v) is 13.3. The van der Waals surface area contributed by atoms with Crippen molar-refractivity contribution >= 4 is 16.7 Å². The van der Waals surface area contributed by atoms with Gasteiger partial charge in [-0.25, -0.2) is 4.68 Å². The molecule has 0 spiro atoms. The first kappa shape index (κ1) is 15.0. The minimum Gasteiger partial charge on any atom is -0.348 e. The number of carbonyl (C=O) groups excluding carboxylic acids is 1. The van der Waals surface area contributed by atoms with E-state index in [0.717, 1.165) is 24.1 Å². The Bertz CT molecular complexity index is 687.